The number of rotatable bonds is 7. The Morgan fingerprint density at radius 2 is 1.72 bits per heavy atom. The molecule has 4 aromatic rings. The number of carbonyl (C=O) groups excluding carboxylic acids is 1. The van der Waals surface area contributed by atoms with Gasteiger partial charge in [0.2, 0.25) is 5.76 Å². The van der Waals surface area contributed by atoms with Crippen molar-refractivity contribution in [1.29, 1.82) is 0 Å². The van der Waals surface area contributed by atoms with Crippen molar-refractivity contribution < 1.29 is 13.9 Å². The molecule has 0 spiro atoms. The van der Waals surface area contributed by atoms with E-state index in [1.165, 1.54) is 0 Å². The fourth-order valence-corrected chi connectivity index (χ4v) is 4.73. The Kier molecular flexibility index (Phi) is 6.35. The van der Waals surface area contributed by atoms with Crippen LogP contribution in [0.4, 0.5) is 5.82 Å². The zero-order valence-corrected chi connectivity index (χ0v) is 21.1. The van der Waals surface area contributed by atoms with Gasteiger partial charge in [-0.2, -0.15) is 0 Å². The molecule has 184 valence electrons. The van der Waals surface area contributed by atoms with E-state index in [1.807, 2.05) is 69.3 Å². The molecule has 1 aliphatic heterocycles. The number of benzene rings is 2. The lowest BCUT2D eigenvalue weighted by molar-refractivity contribution is 0.0970. The first kappa shape index (κ1) is 23.8. The number of anilines is 1. The highest BCUT2D eigenvalue weighted by atomic mass is 16.5. The molecule has 6 heteroatoms. The molecule has 6 nitrogen and oxygen atoms in total. The zero-order valence-electron chi connectivity index (χ0n) is 21.1. The Balaban J connectivity index is 1.64. The lowest BCUT2D eigenvalue weighted by atomic mass is 9.97. The minimum Gasteiger partial charge on any atom is -0.494 e. The average molecular weight is 483 g/mol. The van der Waals surface area contributed by atoms with Gasteiger partial charge in [0.1, 0.15) is 17.2 Å². The molecule has 2 aromatic carbocycles. The summed E-state index contributed by atoms with van der Waals surface area (Å²) in [4.78, 5) is 33.8. The van der Waals surface area contributed by atoms with Crippen molar-refractivity contribution in [2.45, 2.75) is 53.0 Å². The smallest absolute Gasteiger partial charge is 0.296 e. The van der Waals surface area contributed by atoms with Gasteiger partial charge in [0.15, 0.2) is 5.43 Å². The molecule has 1 atom stereocenters. The van der Waals surface area contributed by atoms with E-state index in [9.17, 15) is 9.59 Å². The SMILES string of the molecule is CCCCCOc1ccc(C2c3c(oc4cc(C)c(C)cc4c3=O)C(=O)N2c2cccc(C)n2)cc1. The molecule has 0 saturated carbocycles. The highest BCUT2D eigenvalue weighted by Gasteiger charge is 2.44. The Bertz CT molecular complexity index is 1500. The van der Waals surface area contributed by atoms with Gasteiger partial charge in [0.05, 0.1) is 23.6 Å². The first-order chi connectivity index (χ1) is 17.4. The molecule has 0 N–H and O–H groups in total. The third kappa shape index (κ3) is 4.17. The molecule has 0 bridgehead atoms. The largest absolute Gasteiger partial charge is 0.494 e. The van der Waals surface area contributed by atoms with Crippen LogP contribution in [-0.4, -0.2) is 17.5 Å². The van der Waals surface area contributed by atoms with Gasteiger partial charge in [-0.05, 0) is 80.3 Å². The second-order valence-electron chi connectivity index (χ2n) is 9.45. The van der Waals surface area contributed by atoms with Crippen molar-refractivity contribution in [3.05, 3.63) is 98.5 Å². The van der Waals surface area contributed by atoms with E-state index >= 15 is 0 Å². The monoisotopic (exact) mass is 482 g/mol. The topological polar surface area (TPSA) is 72.6 Å². The molecule has 5 rings (SSSR count). The third-order valence-corrected chi connectivity index (χ3v) is 6.82. The number of nitrogens with zero attached hydrogens (tertiary/aromatic N) is 2. The number of aromatic nitrogens is 1. The van der Waals surface area contributed by atoms with Crippen molar-refractivity contribution in [2.75, 3.05) is 11.5 Å². The van der Waals surface area contributed by atoms with E-state index in [4.69, 9.17) is 9.15 Å². The summed E-state index contributed by atoms with van der Waals surface area (Å²) in [6, 6.07) is 16.1. The second kappa shape index (κ2) is 9.61. The Morgan fingerprint density at radius 3 is 2.44 bits per heavy atom. The minimum absolute atomic E-state index is 0.0731. The van der Waals surface area contributed by atoms with Crippen LogP contribution in [0.15, 0.2) is 63.8 Å². The molecular formula is C30H30N2O4. The van der Waals surface area contributed by atoms with Gasteiger partial charge in [-0.1, -0.05) is 38.0 Å². The van der Waals surface area contributed by atoms with Crippen LogP contribution >= 0.6 is 0 Å². The van der Waals surface area contributed by atoms with Crippen LogP contribution in [0.2, 0.25) is 0 Å². The van der Waals surface area contributed by atoms with E-state index in [-0.39, 0.29) is 17.1 Å². The summed E-state index contributed by atoms with van der Waals surface area (Å²) < 4.78 is 12.0. The third-order valence-electron chi connectivity index (χ3n) is 6.82. The molecule has 0 saturated heterocycles. The highest BCUT2D eigenvalue weighted by molar-refractivity contribution is 6.10. The zero-order chi connectivity index (χ0) is 25.4. The number of fused-ring (bicyclic) bond motifs is 2. The molecule has 0 aliphatic carbocycles. The number of hydrogen-bond donors (Lipinski definition) is 0. The maximum atomic E-state index is 13.8. The van der Waals surface area contributed by atoms with E-state index in [0.29, 0.717) is 29.0 Å². The summed E-state index contributed by atoms with van der Waals surface area (Å²) in [5.41, 5.74) is 4.14. The molecule has 0 fully saturated rings. The van der Waals surface area contributed by atoms with Gasteiger partial charge in [-0.15, -0.1) is 0 Å². The lowest BCUT2D eigenvalue weighted by Gasteiger charge is -2.24. The summed E-state index contributed by atoms with van der Waals surface area (Å²) in [6.45, 7) is 8.62. The first-order valence-corrected chi connectivity index (χ1v) is 12.5. The Labute approximate surface area is 210 Å². The molecule has 1 aliphatic rings. The van der Waals surface area contributed by atoms with E-state index in [2.05, 4.69) is 11.9 Å². The minimum atomic E-state index is -0.654. The van der Waals surface area contributed by atoms with Crippen molar-refractivity contribution in [3.8, 4) is 5.75 Å². The van der Waals surface area contributed by atoms with Gasteiger partial charge in [-0.3, -0.25) is 14.5 Å². The van der Waals surface area contributed by atoms with Crippen molar-refractivity contribution in [1.82, 2.24) is 4.98 Å². The lowest BCUT2D eigenvalue weighted by Crippen LogP contribution is -2.30. The number of hydrogen-bond acceptors (Lipinski definition) is 5. The molecule has 36 heavy (non-hydrogen) atoms. The number of unbranched alkanes of at least 4 members (excludes halogenated alkanes) is 2. The van der Waals surface area contributed by atoms with E-state index in [0.717, 1.165) is 47.4 Å². The molecular weight excluding hydrogens is 452 g/mol. The van der Waals surface area contributed by atoms with E-state index < -0.39 is 6.04 Å². The molecule has 0 radical (unpaired) electrons. The summed E-state index contributed by atoms with van der Waals surface area (Å²) in [6.07, 6.45) is 3.26. The van der Waals surface area contributed by atoms with Crippen LogP contribution in [0.1, 0.15) is 70.7 Å². The van der Waals surface area contributed by atoms with Gasteiger partial charge >= 0.3 is 0 Å². The highest BCUT2D eigenvalue weighted by Crippen LogP contribution is 2.41. The van der Waals surface area contributed by atoms with Gasteiger partial charge < -0.3 is 9.15 Å². The predicted molar refractivity (Wildman–Crippen MR) is 141 cm³/mol. The number of amides is 1. The maximum absolute atomic E-state index is 13.8. The number of pyridine rings is 1. The normalized spacial score (nSPS) is 14.9. The van der Waals surface area contributed by atoms with Crippen LogP contribution in [0.3, 0.4) is 0 Å². The fraction of sp³-hybridized carbons (Fsp3) is 0.300. The van der Waals surface area contributed by atoms with Gasteiger partial charge in [0, 0.05) is 5.69 Å². The second-order valence-corrected chi connectivity index (χ2v) is 9.45. The van der Waals surface area contributed by atoms with Crippen LogP contribution in [-0.2, 0) is 0 Å². The first-order valence-electron chi connectivity index (χ1n) is 12.5. The number of ether oxygens (including phenoxy) is 1. The number of carbonyl (C=O) groups is 1. The molecule has 1 unspecified atom stereocenters. The molecule has 2 aromatic heterocycles. The van der Waals surface area contributed by atoms with E-state index in [1.54, 1.807) is 11.0 Å². The van der Waals surface area contributed by atoms with Crippen LogP contribution in [0.25, 0.3) is 11.0 Å². The standard InChI is InChI=1S/C30H30N2O4/c1-5-6-7-15-35-22-13-11-21(12-14-22)27-26-28(33)23-16-18(2)19(3)17-24(23)36-29(26)30(34)32(27)25-10-8-9-20(4)31-25/h8-14,16-17,27H,5-7,15H2,1-4H3. The van der Waals surface area contributed by atoms with Crippen LogP contribution in [0, 0.1) is 20.8 Å². The summed E-state index contributed by atoms with van der Waals surface area (Å²) in [7, 11) is 0. The average Bonchev–Trinajstić information content (AvgIpc) is 3.16. The Hall–Kier alpha value is -3.93. The maximum Gasteiger partial charge on any atom is 0.296 e. The van der Waals surface area contributed by atoms with Crippen molar-refractivity contribution >= 4 is 22.7 Å². The summed E-state index contributed by atoms with van der Waals surface area (Å²) >= 11 is 0. The van der Waals surface area contributed by atoms with Crippen molar-refractivity contribution in [3.63, 3.8) is 0 Å². The fourth-order valence-electron chi connectivity index (χ4n) is 4.73. The van der Waals surface area contributed by atoms with Gasteiger partial charge in [0.25, 0.3) is 5.91 Å². The summed E-state index contributed by atoms with van der Waals surface area (Å²) in [5, 5.41) is 0.476. The van der Waals surface area contributed by atoms with Gasteiger partial charge in [-0.25, -0.2) is 4.98 Å². The molecule has 3 heterocycles. The molecule has 1 amide bonds. The van der Waals surface area contributed by atoms with Crippen LogP contribution in [0.5, 0.6) is 5.75 Å². The van der Waals surface area contributed by atoms with Crippen molar-refractivity contribution in [2.24, 2.45) is 0 Å². The summed E-state index contributed by atoms with van der Waals surface area (Å²) in [5.74, 6) is 0.942. The Morgan fingerprint density at radius 1 is 0.972 bits per heavy atom. The predicted octanol–water partition coefficient (Wildman–Crippen LogP) is 6.43. The quantitative estimate of drug-likeness (QED) is 0.284. The van der Waals surface area contributed by atoms with Crippen LogP contribution < -0.4 is 15.1 Å². The number of aryl methyl sites for hydroxylation is 3.